The van der Waals surface area contributed by atoms with Gasteiger partial charge in [-0.1, -0.05) is 11.6 Å². The van der Waals surface area contributed by atoms with E-state index in [1.54, 1.807) is 56.7 Å². The zero-order valence-corrected chi connectivity index (χ0v) is 23.0. The van der Waals surface area contributed by atoms with Gasteiger partial charge in [-0.05, 0) is 37.3 Å². The van der Waals surface area contributed by atoms with E-state index in [4.69, 9.17) is 11.6 Å². The van der Waals surface area contributed by atoms with Crippen molar-refractivity contribution in [1.82, 2.24) is 23.8 Å². The lowest BCUT2D eigenvalue weighted by molar-refractivity contribution is -0.118. The Kier molecular flexibility index (Phi) is 7.18. The Morgan fingerprint density at radius 1 is 1.08 bits per heavy atom. The molecule has 1 fully saturated rings. The van der Waals surface area contributed by atoms with E-state index in [1.807, 2.05) is 4.90 Å². The molecule has 1 saturated heterocycles. The summed E-state index contributed by atoms with van der Waals surface area (Å²) in [6, 6.07) is 8.44. The molecular weight excluding hydrogens is 550 g/mol. The molecule has 4 heterocycles. The number of carbonyl (C=O) groups is 1. The first-order valence-electron chi connectivity index (χ1n) is 11.7. The van der Waals surface area contributed by atoms with E-state index < -0.39 is 15.6 Å². The third-order valence-corrected chi connectivity index (χ3v) is 9.83. The average molecular weight is 574 g/mol. The number of amides is 1. The Morgan fingerprint density at radius 3 is 2.39 bits per heavy atom. The van der Waals surface area contributed by atoms with E-state index >= 15 is 0 Å². The van der Waals surface area contributed by atoms with Crippen LogP contribution < -0.4 is 15.4 Å². The molecule has 3 aromatic heterocycles. The third-order valence-electron chi connectivity index (χ3n) is 6.36. The number of aromatic nitrogens is 4. The second kappa shape index (κ2) is 10.4. The summed E-state index contributed by atoms with van der Waals surface area (Å²) < 4.78 is 30.0. The van der Waals surface area contributed by atoms with Crippen LogP contribution in [0.2, 0.25) is 5.02 Å². The second-order valence-corrected chi connectivity index (χ2v) is 12.2. The summed E-state index contributed by atoms with van der Waals surface area (Å²) in [5, 5.41) is 0.544. The topological polar surface area (TPSA) is 122 Å². The molecule has 38 heavy (non-hydrogen) atoms. The number of nitrogens with zero attached hydrogens (tertiary/aromatic N) is 7. The van der Waals surface area contributed by atoms with Gasteiger partial charge in [-0.25, -0.2) is 23.4 Å². The van der Waals surface area contributed by atoms with Gasteiger partial charge in [-0.3, -0.25) is 14.2 Å². The summed E-state index contributed by atoms with van der Waals surface area (Å²) in [4.78, 5) is 43.3. The standard InChI is InChI=1S/C24H24ClN7O4S2/c1-16-21(38(35,36)32-12-10-30(11-13-32)24-26-8-3-9-27-24)20-22(37-16)28-15-31(23(20)34)14-19(33)29(2)18-6-4-17(25)5-7-18/h3-9,15H,10-14H2,1-2H3. The van der Waals surface area contributed by atoms with E-state index in [2.05, 4.69) is 15.0 Å². The summed E-state index contributed by atoms with van der Waals surface area (Å²) in [5.74, 6) is 0.174. The maximum atomic E-state index is 13.8. The Morgan fingerprint density at radius 2 is 1.74 bits per heavy atom. The van der Waals surface area contributed by atoms with Gasteiger partial charge >= 0.3 is 0 Å². The number of carbonyl (C=O) groups excluding carboxylic acids is 1. The van der Waals surface area contributed by atoms with Crippen molar-refractivity contribution < 1.29 is 13.2 Å². The van der Waals surface area contributed by atoms with Gasteiger partial charge < -0.3 is 9.80 Å². The number of halogens is 1. The van der Waals surface area contributed by atoms with Gasteiger partial charge in [0.15, 0.2) is 0 Å². The van der Waals surface area contributed by atoms with E-state index in [-0.39, 0.29) is 35.8 Å². The highest BCUT2D eigenvalue weighted by molar-refractivity contribution is 7.89. The number of anilines is 2. The van der Waals surface area contributed by atoms with Crippen molar-refractivity contribution in [1.29, 1.82) is 0 Å². The minimum Gasteiger partial charge on any atom is -0.338 e. The van der Waals surface area contributed by atoms with Crippen molar-refractivity contribution >= 4 is 60.7 Å². The maximum Gasteiger partial charge on any atom is 0.263 e. The first kappa shape index (κ1) is 26.2. The lowest BCUT2D eigenvalue weighted by atomic mass is 10.3. The predicted octanol–water partition coefficient (Wildman–Crippen LogP) is 2.38. The minimum atomic E-state index is -4.00. The van der Waals surface area contributed by atoms with Gasteiger partial charge in [0, 0.05) is 61.2 Å². The summed E-state index contributed by atoms with van der Waals surface area (Å²) in [5.41, 5.74) is 0.0308. The predicted molar refractivity (Wildman–Crippen MR) is 146 cm³/mol. The van der Waals surface area contributed by atoms with E-state index in [0.29, 0.717) is 39.5 Å². The van der Waals surface area contributed by atoms with Gasteiger partial charge in [0.05, 0.1) is 11.7 Å². The number of benzene rings is 1. The van der Waals surface area contributed by atoms with Crippen molar-refractivity contribution in [2.45, 2.75) is 18.4 Å². The molecule has 0 unspecified atom stereocenters. The van der Waals surface area contributed by atoms with E-state index in [9.17, 15) is 18.0 Å². The van der Waals surface area contributed by atoms with Gasteiger partial charge in [0.1, 0.15) is 16.3 Å². The molecule has 0 atom stereocenters. The van der Waals surface area contributed by atoms with Gasteiger partial charge in [-0.15, -0.1) is 11.3 Å². The summed E-state index contributed by atoms with van der Waals surface area (Å²) >= 11 is 7.08. The molecule has 0 N–H and O–H groups in total. The monoisotopic (exact) mass is 573 g/mol. The number of thiophene rings is 1. The van der Waals surface area contributed by atoms with Crippen LogP contribution in [-0.4, -0.2) is 71.4 Å². The van der Waals surface area contributed by atoms with Crippen molar-refractivity contribution in [2.24, 2.45) is 0 Å². The maximum absolute atomic E-state index is 13.8. The molecule has 0 radical (unpaired) electrons. The van der Waals surface area contributed by atoms with Gasteiger partial charge in [-0.2, -0.15) is 4.31 Å². The highest BCUT2D eigenvalue weighted by atomic mass is 35.5. The summed E-state index contributed by atoms with van der Waals surface area (Å²) in [6.07, 6.45) is 4.56. The number of fused-ring (bicyclic) bond motifs is 1. The molecular formula is C24H24ClN7O4S2. The zero-order valence-electron chi connectivity index (χ0n) is 20.6. The zero-order chi connectivity index (χ0) is 27.0. The van der Waals surface area contributed by atoms with Crippen molar-refractivity contribution in [3.63, 3.8) is 0 Å². The molecule has 1 amide bonds. The quantitative estimate of drug-likeness (QED) is 0.345. The Bertz CT molecular complexity index is 1650. The number of hydrogen-bond acceptors (Lipinski definition) is 9. The molecule has 1 aromatic carbocycles. The molecule has 0 aliphatic carbocycles. The van der Waals surface area contributed by atoms with Crippen LogP contribution >= 0.6 is 22.9 Å². The van der Waals surface area contributed by atoms with Crippen LogP contribution in [0.1, 0.15) is 4.88 Å². The Labute approximate surface area is 228 Å². The third kappa shape index (κ3) is 4.89. The van der Waals surface area contributed by atoms with Crippen LogP contribution in [0.25, 0.3) is 10.2 Å². The van der Waals surface area contributed by atoms with Crippen LogP contribution in [0.5, 0.6) is 0 Å². The van der Waals surface area contributed by atoms with Gasteiger partial charge in [0.25, 0.3) is 5.56 Å². The number of likely N-dealkylation sites (N-methyl/N-ethyl adjacent to an activating group) is 1. The fourth-order valence-electron chi connectivity index (χ4n) is 4.31. The van der Waals surface area contributed by atoms with Crippen LogP contribution in [0.15, 0.2) is 58.7 Å². The molecule has 1 aliphatic heterocycles. The molecule has 4 aromatic rings. The van der Waals surface area contributed by atoms with E-state index in [0.717, 1.165) is 15.9 Å². The molecule has 5 rings (SSSR count). The molecule has 11 nitrogen and oxygen atoms in total. The minimum absolute atomic E-state index is 0.00534. The molecule has 0 saturated carbocycles. The van der Waals surface area contributed by atoms with Gasteiger partial charge in [0.2, 0.25) is 21.9 Å². The normalized spacial score (nSPS) is 14.7. The molecule has 0 spiro atoms. The number of aryl methyl sites for hydroxylation is 1. The average Bonchev–Trinajstić information content (AvgIpc) is 3.28. The largest absolute Gasteiger partial charge is 0.338 e. The van der Waals surface area contributed by atoms with Crippen LogP contribution in [0.3, 0.4) is 0 Å². The smallest absolute Gasteiger partial charge is 0.263 e. The van der Waals surface area contributed by atoms with Crippen molar-refractivity contribution in [2.75, 3.05) is 43.0 Å². The number of sulfonamides is 1. The fraction of sp³-hybridized carbons (Fsp3) is 0.292. The molecule has 0 bridgehead atoms. The highest BCUT2D eigenvalue weighted by Crippen LogP contribution is 2.33. The van der Waals surface area contributed by atoms with Crippen LogP contribution in [0.4, 0.5) is 11.6 Å². The summed E-state index contributed by atoms with van der Waals surface area (Å²) in [6.45, 7) is 2.63. The fourth-order valence-corrected chi connectivity index (χ4v) is 7.52. The van der Waals surface area contributed by atoms with Crippen LogP contribution in [-0.2, 0) is 21.4 Å². The first-order valence-corrected chi connectivity index (χ1v) is 14.3. The van der Waals surface area contributed by atoms with E-state index in [1.165, 1.54) is 15.5 Å². The number of rotatable bonds is 6. The number of hydrogen-bond donors (Lipinski definition) is 0. The highest BCUT2D eigenvalue weighted by Gasteiger charge is 2.34. The first-order chi connectivity index (χ1) is 18.2. The molecule has 14 heteroatoms. The van der Waals surface area contributed by atoms with Crippen molar-refractivity contribution in [3.05, 3.63) is 69.3 Å². The number of piperazine rings is 1. The lowest BCUT2D eigenvalue weighted by Crippen LogP contribution is -2.49. The molecule has 1 aliphatic rings. The van der Waals surface area contributed by atoms with Crippen molar-refractivity contribution in [3.8, 4) is 0 Å². The Balaban J connectivity index is 1.42. The summed E-state index contributed by atoms with van der Waals surface area (Å²) in [7, 11) is -2.41. The second-order valence-electron chi connectivity index (χ2n) is 8.71. The SMILES string of the molecule is Cc1sc2ncn(CC(=O)N(C)c3ccc(Cl)cc3)c(=O)c2c1S(=O)(=O)N1CCN(c2ncccn2)CC1. The molecule has 198 valence electrons. The Hall–Kier alpha value is -3.39. The van der Waals surface area contributed by atoms with Crippen LogP contribution in [0, 0.1) is 6.92 Å². The lowest BCUT2D eigenvalue weighted by Gasteiger charge is -2.33.